The largest absolute Gasteiger partial charge is 0.0988 e. The second kappa shape index (κ2) is 7.28. The number of allylic oxidation sites excluding steroid dienone is 11. The summed E-state index contributed by atoms with van der Waals surface area (Å²) in [5.41, 5.74) is 5.63. The molecule has 0 heterocycles. The summed E-state index contributed by atoms with van der Waals surface area (Å²) in [7, 11) is 0. The van der Waals surface area contributed by atoms with Gasteiger partial charge in [-0.05, 0) is 44.6 Å². The third-order valence-corrected chi connectivity index (χ3v) is 3.93. The van der Waals surface area contributed by atoms with Gasteiger partial charge >= 0.3 is 0 Å². The van der Waals surface area contributed by atoms with Gasteiger partial charge in [0.25, 0.3) is 0 Å². The Bertz CT molecular complexity index is 502. The van der Waals surface area contributed by atoms with Crippen molar-refractivity contribution in [1.82, 2.24) is 0 Å². The van der Waals surface area contributed by atoms with E-state index in [0.717, 1.165) is 0 Å². The third kappa shape index (κ3) is 4.85. The summed E-state index contributed by atoms with van der Waals surface area (Å²) < 4.78 is 0. The van der Waals surface area contributed by atoms with E-state index in [4.69, 9.17) is 0 Å². The van der Waals surface area contributed by atoms with Gasteiger partial charge in [0.2, 0.25) is 0 Å². The number of hydrogen-bond acceptors (Lipinski definition) is 0. The fraction of sp³-hybridized carbons (Fsp3) is 0.400. The minimum atomic E-state index is 0.290. The topological polar surface area (TPSA) is 0 Å². The Morgan fingerprint density at radius 3 is 2.50 bits per heavy atom. The summed E-state index contributed by atoms with van der Waals surface area (Å²) in [6, 6.07) is 0. The summed E-state index contributed by atoms with van der Waals surface area (Å²) in [4.78, 5) is 0. The van der Waals surface area contributed by atoms with Gasteiger partial charge in [0.1, 0.15) is 0 Å². The second-order valence-electron chi connectivity index (χ2n) is 6.27. The van der Waals surface area contributed by atoms with Crippen LogP contribution in [0.25, 0.3) is 0 Å². The van der Waals surface area contributed by atoms with Gasteiger partial charge in [-0.1, -0.05) is 79.7 Å². The Morgan fingerprint density at radius 2 is 1.90 bits per heavy atom. The Morgan fingerprint density at radius 1 is 1.20 bits per heavy atom. The van der Waals surface area contributed by atoms with E-state index < -0.39 is 0 Å². The lowest BCUT2D eigenvalue weighted by molar-refractivity contribution is 0.404. The summed E-state index contributed by atoms with van der Waals surface area (Å²) in [5.74, 6) is 0. The van der Waals surface area contributed by atoms with Crippen molar-refractivity contribution in [2.75, 3.05) is 0 Å². The fourth-order valence-electron chi connectivity index (χ4n) is 2.47. The first-order valence-corrected chi connectivity index (χ1v) is 7.40. The van der Waals surface area contributed by atoms with Crippen LogP contribution in [0, 0.1) is 5.41 Å². The van der Waals surface area contributed by atoms with Gasteiger partial charge in [0, 0.05) is 0 Å². The standard InChI is InChI=1S/C20H28/c1-7-16(2)10-8-11-17(3)13-14-19-18(4)12-9-15-20(19,5)6/h7-8,10-14H,1,9,15H2,2-6H3/b11-8+,16-10+,17-13+,19-14+. The molecule has 0 unspecified atom stereocenters. The van der Waals surface area contributed by atoms with Crippen LogP contribution in [0.2, 0.25) is 0 Å². The van der Waals surface area contributed by atoms with Crippen LogP contribution in [0.15, 0.2) is 71.4 Å². The van der Waals surface area contributed by atoms with E-state index in [2.05, 4.69) is 77.7 Å². The van der Waals surface area contributed by atoms with Crippen molar-refractivity contribution in [2.24, 2.45) is 5.41 Å². The predicted molar refractivity (Wildman–Crippen MR) is 91.7 cm³/mol. The van der Waals surface area contributed by atoms with E-state index in [9.17, 15) is 0 Å². The summed E-state index contributed by atoms with van der Waals surface area (Å²) in [6.07, 6.45) is 17.4. The minimum absolute atomic E-state index is 0.290. The van der Waals surface area contributed by atoms with Crippen molar-refractivity contribution >= 4 is 0 Å². The van der Waals surface area contributed by atoms with Crippen LogP contribution in [0.5, 0.6) is 0 Å². The molecular formula is C20H28. The molecule has 0 saturated carbocycles. The van der Waals surface area contributed by atoms with Crippen molar-refractivity contribution in [3.8, 4) is 0 Å². The van der Waals surface area contributed by atoms with Crippen LogP contribution in [0.3, 0.4) is 0 Å². The zero-order chi connectivity index (χ0) is 15.2. The lowest BCUT2D eigenvalue weighted by Gasteiger charge is -2.32. The summed E-state index contributed by atoms with van der Waals surface area (Å²) in [6.45, 7) is 14.8. The molecule has 0 bridgehead atoms. The van der Waals surface area contributed by atoms with Gasteiger partial charge in [-0.15, -0.1) is 0 Å². The fourth-order valence-corrected chi connectivity index (χ4v) is 2.47. The third-order valence-electron chi connectivity index (χ3n) is 3.93. The summed E-state index contributed by atoms with van der Waals surface area (Å²) in [5, 5.41) is 0. The number of hydrogen-bond donors (Lipinski definition) is 0. The molecule has 0 saturated heterocycles. The van der Waals surface area contributed by atoms with Crippen molar-refractivity contribution in [3.05, 3.63) is 71.4 Å². The maximum atomic E-state index is 3.75. The molecule has 0 N–H and O–H groups in total. The molecule has 0 amide bonds. The molecule has 0 radical (unpaired) electrons. The lowest BCUT2D eigenvalue weighted by Crippen LogP contribution is -2.18. The smallest absolute Gasteiger partial charge is 0.00981 e. The quantitative estimate of drug-likeness (QED) is 0.524. The molecule has 0 nitrogen and oxygen atoms in total. The molecule has 0 fully saturated rings. The highest BCUT2D eigenvalue weighted by Crippen LogP contribution is 2.40. The maximum absolute atomic E-state index is 3.75. The van der Waals surface area contributed by atoms with Crippen molar-refractivity contribution < 1.29 is 0 Å². The normalized spacial score (nSPS) is 22.2. The van der Waals surface area contributed by atoms with Gasteiger partial charge in [-0.2, -0.15) is 0 Å². The van der Waals surface area contributed by atoms with Gasteiger partial charge in [0.15, 0.2) is 0 Å². The van der Waals surface area contributed by atoms with E-state index in [1.54, 1.807) is 0 Å². The molecule has 0 atom stereocenters. The van der Waals surface area contributed by atoms with E-state index in [-0.39, 0.29) is 0 Å². The van der Waals surface area contributed by atoms with E-state index in [1.807, 2.05) is 6.08 Å². The highest BCUT2D eigenvalue weighted by atomic mass is 14.3. The predicted octanol–water partition coefficient (Wildman–Crippen LogP) is 6.31. The highest BCUT2D eigenvalue weighted by Gasteiger charge is 2.26. The molecule has 1 aliphatic carbocycles. The molecule has 0 aromatic heterocycles. The van der Waals surface area contributed by atoms with Crippen LogP contribution >= 0.6 is 0 Å². The van der Waals surface area contributed by atoms with Crippen LogP contribution in [0.4, 0.5) is 0 Å². The first kappa shape index (κ1) is 16.5. The monoisotopic (exact) mass is 268 g/mol. The average Bonchev–Trinajstić information content (AvgIpc) is 2.37. The SMILES string of the molecule is C=C/C(C)=C/C=C/C(C)=C/C=C1\C(C)=CCCC1(C)C. The second-order valence-corrected chi connectivity index (χ2v) is 6.27. The van der Waals surface area contributed by atoms with Crippen molar-refractivity contribution in [3.63, 3.8) is 0 Å². The molecular weight excluding hydrogens is 240 g/mol. The molecule has 0 aliphatic heterocycles. The zero-order valence-electron chi connectivity index (χ0n) is 13.7. The first-order valence-electron chi connectivity index (χ1n) is 7.40. The van der Waals surface area contributed by atoms with Gasteiger partial charge < -0.3 is 0 Å². The first-order chi connectivity index (χ1) is 9.36. The molecule has 1 aliphatic rings. The Balaban J connectivity index is 2.88. The lowest BCUT2D eigenvalue weighted by atomic mass is 9.73. The zero-order valence-corrected chi connectivity index (χ0v) is 13.7. The highest BCUT2D eigenvalue weighted by molar-refractivity contribution is 5.40. The van der Waals surface area contributed by atoms with Crippen LogP contribution in [-0.4, -0.2) is 0 Å². The van der Waals surface area contributed by atoms with Crippen molar-refractivity contribution in [1.29, 1.82) is 0 Å². The van der Waals surface area contributed by atoms with Crippen LogP contribution < -0.4 is 0 Å². The molecule has 0 aromatic carbocycles. The molecule has 1 rings (SSSR count). The maximum Gasteiger partial charge on any atom is -0.00981 e. The molecule has 0 spiro atoms. The Labute approximate surface area is 125 Å². The molecule has 0 aromatic rings. The summed E-state index contributed by atoms with van der Waals surface area (Å²) >= 11 is 0. The van der Waals surface area contributed by atoms with Crippen LogP contribution in [-0.2, 0) is 0 Å². The molecule has 108 valence electrons. The van der Waals surface area contributed by atoms with Gasteiger partial charge in [-0.25, -0.2) is 0 Å². The Kier molecular flexibility index (Phi) is 6.01. The molecule has 0 heteroatoms. The Hall–Kier alpha value is -1.56. The van der Waals surface area contributed by atoms with E-state index >= 15 is 0 Å². The van der Waals surface area contributed by atoms with Gasteiger partial charge in [-0.3, -0.25) is 0 Å². The van der Waals surface area contributed by atoms with E-state index in [0.29, 0.717) is 5.41 Å². The van der Waals surface area contributed by atoms with Crippen LogP contribution in [0.1, 0.15) is 47.5 Å². The molecule has 20 heavy (non-hydrogen) atoms. The number of rotatable bonds is 4. The van der Waals surface area contributed by atoms with Gasteiger partial charge in [0.05, 0.1) is 0 Å². The average molecular weight is 268 g/mol. The van der Waals surface area contributed by atoms with E-state index in [1.165, 1.54) is 35.1 Å². The van der Waals surface area contributed by atoms with Crippen molar-refractivity contribution in [2.45, 2.75) is 47.5 Å². The minimum Gasteiger partial charge on any atom is -0.0988 e.